The lowest BCUT2D eigenvalue weighted by Crippen LogP contribution is -1.95. The maximum absolute atomic E-state index is 5.05. The quantitative estimate of drug-likeness (QED) is 0.707. The third kappa shape index (κ3) is 4.35. The molecule has 1 unspecified atom stereocenters. The highest BCUT2D eigenvalue weighted by molar-refractivity contribution is 9.09. The minimum absolute atomic E-state index is 0.499. The molecule has 0 amide bonds. The molecule has 2 heteroatoms. The number of methoxy groups -OCH3 is 1. The van der Waals surface area contributed by atoms with Crippen molar-refractivity contribution >= 4 is 15.9 Å². The minimum atomic E-state index is 0.499. The fourth-order valence-electron chi connectivity index (χ4n) is 1.53. The summed E-state index contributed by atoms with van der Waals surface area (Å²) in [5.74, 6) is 0. The molecule has 0 N–H and O–H groups in total. The van der Waals surface area contributed by atoms with Crippen LogP contribution in [0.1, 0.15) is 35.7 Å². The zero-order chi connectivity index (χ0) is 11.1. The third-order valence-electron chi connectivity index (χ3n) is 2.48. The van der Waals surface area contributed by atoms with Gasteiger partial charge >= 0.3 is 0 Å². The van der Waals surface area contributed by atoms with Gasteiger partial charge in [0, 0.05) is 11.9 Å². The molecule has 0 saturated carbocycles. The van der Waals surface area contributed by atoms with Crippen molar-refractivity contribution in [3.05, 3.63) is 35.4 Å². The summed E-state index contributed by atoms with van der Waals surface area (Å²) in [6.07, 6.45) is 3.40. The van der Waals surface area contributed by atoms with Crippen molar-refractivity contribution in [1.29, 1.82) is 0 Å². The van der Waals surface area contributed by atoms with Gasteiger partial charge < -0.3 is 4.74 Å². The van der Waals surface area contributed by atoms with Crippen molar-refractivity contribution in [3.63, 3.8) is 0 Å². The second-order valence-electron chi connectivity index (χ2n) is 3.74. The van der Waals surface area contributed by atoms with E-state index in [1.54, 1.807) is 7.11 Å². The van der Waals surface area contributed by atoms with E-state index in [0.717, 1.165) is 13.0 Å². The van der Waals surface area contributed by atoms with Gasteiger partial charge in [-0.3, -0.25) is 0 Å². The first-order chi connectivity index (χ1) is 7.27. The van der Waals surface area contributed by atoms with Gasteiger partial charge in [0.1, 0.15) is 0 Å². The first-order valence-corrected chi connectivity index (χ1v) is 6.41. The van der Waals surface area contributed by atoms with Crippen LogP contribution in [0.3, 0.4) is 0 Å². The maximum atomic E-state index is 5.05. The summed E-state index contributed by atoms with van der Waals surface area (Å²) >= 11 is 3.70. The van der Waals surface area contributed by atoms with Crippen molar-refractivity contribution in [2.24, 2.45) is 0 Å². The van der Waals surface area contributed by atoms with Gasteiger partial charge in [0.05, 0.1) is 6.61 Å². The van der Waals surface area contributed by atoms with Crippen LogP contribution in [0.5, 0.6) is 0 Å². The molecule has 0 radical (unpaired) electrons. The van der Waals surface area contributed by atoms with E-state index in [2.05, 4.69) is 47.1 Å². The number of rotatable bonds is 6. The van der Waals surface area contributed by atoms with Gasteiger partial charge in [-0.05, 0) is 24.0 Å². The molecule has 0 aliphatic heterocycles. The lowest BCUT2D eigenvalue weighted by atomic mass is 10.1. The van der Waals surface area contributed by atoms with E-state index < -0.39 is 0 Å². The first kappa shape index (κ1) is 12.7. The van der Waals surface area contributed by atoms with Crippen LogP contribution in [0.2, 0.25) is 0 Å². The third-order valence-corrected chi connectivity index (χ3v) is 3.46. The van der Waals surface area contributed by atoms with Gasteiger partial charge in [-0.1, -0.05) is 53.5 Å². The van der Waals surface area contributed by atoms with Gasteiger partial charge in [0.2, 0.25) is 0 Å². The fraction of sp³-hybridized carbons (Fsp3) is 0.538. The van der Waals surface area contributed by atoms with Crippen molar-refractivity contribution in [2.45, 2.75) is 31.0 Å². The predicted octanol–water partition coefficient (Wildman–Crippen LogP) is 4.11. The number of alkyl halides is 1. The molecule has 1 aromatic rings. The first-order valence-electron chi connectivity index (χ1n) is 5.49. The molecular formula is C13H19BrO. The standard InChI is InChI=1S/C13H19BrO/c1-3-4-13(14)12-7-5-11(6-8-12)9-10-15-2/h5-8,13H,3-4,9-10H2,1-2H3. The average molecular weight is 271 g/mol. The molecule has 15 heavy (non-hydrogen) atoms. The van der Waals surface area contributed by atoms with Crippen LogP contribution in [0.4, 0.5) is 0 Å². The topological polar surface area (TPSA) is 9.23 Å². The van der Waals surface area contributed by atoms with Crippen LogP contribution in [0.25, 0.3) is 0 Å². The van der Waals surface area contributed by atoms with E-state index >= 15 is 0 Å². The van der Waals surface area contributed by atoms with E-state index in [1.165, 1.54) is 24.0 Å². The smallest absolute Gasteiger partial charge is 0.0502 e. The Hall–Kier alpha value is -0.340. The zero-order valence-corrected chi connectivity index (χ0v) is 11.1. The van der Waals surface area contributed by atoms with Crippen LogP contribution < -0.4 is 0 Å². The molecule has 0 heterocycles. The van der Waals surface area contributed by atoms with Crippen molar-refractivity contribution < 1.29 is 4.74 Å². The van der Waals surface area contributed by atoms with Crippen LogP contribution >= 0.6 is 15.9 Å². The Labute approximate surface area is 101 Å². The van der Waals surface area contributed by atoms with E-state index in [0.29, 0.717) is 4.83 Å². The van der Waals surface area contributed by atoms with Crippen molar-refractivity contribution in [1.82, 2.24) is 0 Å². The maximum Gasteiger partial charge on any atom is 0.0502 e. The Morgan fingerprint density at radius 3 is 2.47 bits per heavy atom. The number of ether oxygens (including phenoxy) is 1. The van der Waals surface area contributed by atoms with Gasteiger partial charge in [-0.25, -0.2) is 0 Å². The van der Waals surface area contributed by atoms with E-state index in [-0.39, 0.29) is 0 Å². The summed E-state index contributed by atoms with van der Waals surface area (Å²) < 4.78 is 5.05. The minimum Gasteiger partial charge on any atom is -0.384 e. The van der Waals surface area contributed by atoms with Gasteiger partial charge in [-0.15, -0.1) is 0 Å². The van der Waals surface area contributed by atoms with E-state index in [1.807, 2.05) is 0 Å². The van der Waals surface area contributed by atoms with E-state index in [4.69, 9.17) is 4.74 Å². The lowest BCUT2D eigenvalue weighted by Gasteiger charge is -2.09. The van der Waals surface area contributed by atoms with Gasteiger partial charge in [0.25, 0.3) is 0 Å². The molecule has 0 bridgehead atoms. The largest absolute Gasteiger partial charge is 0.384 e. The summed E-state index contributed by atoms with van der Waals surface area (Å²) in [6.45, 7) is 3.01. The van der Waals surface area contributed by atoms with Gasteiger partial charge in [-0.2, -0.15) is 0 Å². The van der Waals surface area contributed by atoms with Crippen LogP contribution in [0, 0.1) is 0 Å². The second kappa shape index (κ2) is 7.02. The Morgan fingerprint density at radius 2 is 1.93 bits per heavy atom. The second-order valence-corrected chi connectivity index (χ2v) is 4.85. The highest BCUT2D eigenvalue weighted by Gasteiger charge is 2.05. The van der Waals surface area contributed by atoms with Crippen LogP contribution in [0.15, 0.2) is 24.3 Å². The normalized spacial score (nSPS) is 12.7. The summed E-state index contributed by atoms with van der Waals surface area (Å²) in [4.78, 5) is 0.499. The SMILES string of the molecule is CCCC(Br)c1ccc(CCOC)cc1. The Bertz CT molecular complexity index is 268. The molecule has 0 aromatic heterocycles. The molecule has 1 nitrogen and oxygen atoms in total. The van der Waals surface area contributed by atoms with Crippen molar-refractivity contribution in [2.75, 3.05) is 13.7 Å². The molecule has 0 aliphatic rings. The molecule has 0 spiro atoms. The Kier molecular flexibility index (Phi) is 5.96. The van der Waals surface area contributed by atoms with Crippen molar-refractivity contribution in [3.8, 4) is 0 Å². The monoisotopic (exact) mass is 270 g/mol. The fourth-order valence-corrected chi connectivity index (χ4v) is 2.30. The number of halogens is 1. The predicted molar refractivity (Wildman–Crippen MR) is 68.6 cm³/mol. The molecule has 1 aromatic carbocycles. The zero-order valence-electron chi connectivity index (χ0n) is 9.50. The van der Waals surface area contributed by atoms with Crippen LogP contribution in [-0.4, -0.2) is 13.7 Å². The number of hydrogen-bond donors (Lipinski definition) is 0. The lowest BCUT2D eigenvalue weighted by molar-refractivity contribution is 0.202. The Balaban J connectivity index is 2.55. The average Bonchev–Trinajstić information content (AvgIpc) is 2.27. The molecule has 0 aliphatic carbocycles. The number of hydrogen-bond acceptors (Lipinski definition) is 1. The Morgan fingerprint density at radius 1 is 1.27 bits per heavy atom. The van der Waals surface area contributed by atoms with E-state index in [9.17, 15) is 0 Å². The summed E-state index contributed by atoms with van der Waals surface area (Å²) in [5, 5.41) is 0. The summed E-state index contributed by atoms with van der Waals surface area (Å²) in [7, 11) is 1.74. The highest BCUT2D eigenvalue weighted by atomic mass is 79.9. The van der Waals surface area contributed by atoms with Crippen LogP contribution in [-0.2, 0) is 11.2 Å². The summed E-state index contributed by atoms with van der Waals surface area (Å²) in [6, 6.07) is 8.80. The molecule has 84 valence electrons. The van der Waals surface area contributed by atoms with Gasteiger partial charge in [0.15, 0.2) is 0 Å². The molecule has 1 atom stereocenters. The molecule has 0 fully saturated rings. The molecule has 1 rings (SSSR count). The molecule has 0 saturated heterocycles. The molecular weight excluding hydrogens is 252 g/mol. The summed E-state index contributed by atoms with van der Waals surface area (Å²) in [5.41, 5.74) is 2.72. The number of benzene rings is 1. The highest BCUT2D eigenvalue weighted by Crippen LogP contribution is 2.27.